The Kier molecular flexibility index (Phi) is 7.27. The van der Waals surface area contributed by atoms with Gasteiger partial charge in [0.05, 0.1) is 12.8 Å². The molecule has 0 bridgehead atoms. The number of ether oxygens (including phenoxy) is 1. The molecule has 0 atom stereocenters. The van der Waals surface area contributed by atoms with Gasteiger partial charge in [-0.15, -0.1) is 0 Å². The third-order valence-electron chi connectivity index (χ3n) is 4.58. The van der Waals surface area contributed by atoms with Crippen molar-refractivity contribution in [3.05, 3.63) is 83.9 Å². The lowest BCUT2D eigenvalue weighted by Crippen LogP contribution is -2.36. The molecule has 0 unspecified atom stereocenters. The summed E-state index contributed by atoms with van der Waals surface area (Å²) in [5, 5.41) is 13.6. The van der Waals surface area contributed by atoms with Crippen molar-refractivity contribution in [3.63, 3.8) is 0 Å². The molecule has 0 fully saturated rings. The second-order valence-electron chi connectivity index (χ2n) is 6.83. The van der Waals surface area contributed by atoms with Crippen LogP contribution in [0, 0.1) is 5.82 Å². The molecule has 4 aromatic rings. The van der Waals surface area contributed by atoms with E-state index in [4.69, 9.17) is 22.6 Å². The van der Waals surface area contributed by atoms with Crippen LogP contribution in [0.25, 0.3) is 5.65 Å². The predicted octanol–water partition coefficient (Wildman–Crippen LogP) is 0.498. The van der Waals surface area contributed by atoms with Crippen molar-refractivity contribution < 1.29 is 23.8 Å². The monoisotopic (exact) mass is 506 g/mol. The van der Waals surface area contributed by atoms with Crippen molar-refractivity contribution in [3.8, 4) is 0 Å². The molecule has 0 aliphatic rings. The SMILES string of the molecule is COC(=O)c1cc(C(=O)O)nc2cc(=O)[nH]n12.Nc1c(Nc2cc(CNCl)ccc2F)c(=O)c1=O. The van der Waals surface area contributed by atoms with Crippen LogP contribution in [-0.2, 0) is 11.3 Å². The second-order valence-corrected chi connectivity index (χ2v) is 7.10. The third kappa shape index (κ3) is 5.18. The van der Waals surface area contributed by atoms with Crippen LogP contribution in [0.4, 0.5) is 21.5 Å². The number of aromatic amines is 1. The molecule has 0 aliphatic carbocycles. The fourth-order valence-corrected chi connectivity index (χ4v) is 3.04. The highest BCUT2D eigenvalue weighted by molar-refractivity contribution is 6.13. The highest BCUT2D eigenvalue weighted by atomic mass is 35.5. The van der Waals surface area contributed by atoms with Crippen LogP contribution in [0.1, 0.15) is 26.5 Å². The maximum Gasteiger partial charge on any atom is 0.356 e. The smallest absolute Gasteiger partial charge is 0.356 e. The summed E-state index contributed by atoms with van der Waals surface area (Å²) >= 11 is 5.35. The molecule has 0 radical (unpaired) electrons. The Balaban J connectivity index is 0.000000196. The molecule has 2 aromatic heterocycles. The molecular formula is C20H16ClFN6O7. The summed E-state index contributed by atoms with van der Waals surface area (Å²) in [4.78, 5) is 61.6. The van der Waals surface area contributed by atoms with Crippen LogP contribution in [0.15, 0.2) is 44.7 Å². The molecule has 6 N–H and O–H groups in total. The number of nitrogens with one attached hydrogen (secondary N) is 3. The Labute approximate surface area is 198 Å². The Morgan fingerprint density at radius 3 is 2.54 bits per heavy atom. The topological polar surface area (TPSA) is 198 Å². The van der Waals surface area contributed by atoms with Gasteiger partial charge in [-0.05, 0) is 29.5 Å². The highest BCUT2D eigenvalue weighted by Gasteiger charge is 2.19. The number of benzene rings is 1. The zero-order chi connectivity index (χ0) is 25.9. The average molecular weight is 507 g/mol. The molecule has 0 aliphatic heterocycles. The van der Waals surface area contributed by atoms with Gasteiger partial charge < -0.3 is 20.9 Å². The van der Waals surface area contributed by atoms with Gasteiger partial charge in [-0.3, -0.25) is 19.5 Å². The van der Waals surface area contributed by atoms with Crippen molar-refractivity contribution in [2.75, 3.05) is 18.2 Å². The van der Waals surface area contributed by atoms with E-state index in [0.717, 1.165) is 23.8 Å². The number of carbonyl (C=O) groups excluding carboxylic acids is 1. The van der Waals surface area contributed by atoms with Gasteiger partial charge in [-0.1, -0.05) is 6.07 Å². The fraction of sp³-hybridized carbons (Fsp3) is 0.100. The number of halogens is 2. The summed E-state index contributed by atoms with van der Waals surface area (Å²) in [6.45, 7) is 0.331. The number of nitrogens with two attached hydrogens (primary N) is 1. The zero-order valence-corrected chi connectivity index (χ0v) is 18.5. The molecule has 4 rings (SSSR count). The van der Waals surface area contributed by atoms with Gasteiger partial charge in [-0.2, -0.15) is 0 Å². The number of carbonyl (C=O) groups is 2. The first-order valence-corrected chi connectivity index (χ1v) is 9.87. The van der Waals surface area contributed by atoms with Crippen LogP contribution in [0.3, 0.4) is 0 Å². The molecule has 0 amide bonds. The summed E-state index contributed by atoms with van der Waals surface area (Å²) < 4.78 is 19.1. The molecule has 15 heteroatoms. The zero-order valence-electron chi connectivity index (χ0n) is 17.7. The quantitative estimate of drug-likeness (QED) is 0.138. The number of aromatic carboxylic acids is 1. The van der Waals surface area contributed by atoms with E-state index >= 15 is 0 Å². The molecule has 2 aromatic carbocycles. The summed E-state index contributed by atoms with van der Waals surface area (Å²) in [6, 6.07) is 6.35. The van der Waals surface area contributed by atoms with E-state index in [1.807, 2.05) is 0 Å². The Morgan fingerprint density at radius 2 is 1.94 bits per heavy atom. The van der Waals surface area contributed by atoms with E-state index in [9.17, 15) is 28.4 Å². The number of rotatable bonds is 6. The second kappa shape index (κ2) is 10.1. The summed E-state index contributed by atoms with van der Waals surface area (Å²) in [5.41, 5.74) is 3.46. The van der Waals surface area contributed by atoms with Crippen LogP contribution >= 0.6 is 11.8 Å². The van der Waals surface area contributed by atoms with E-state index in [-0.39, 0.29) is 34.1 Å². The number of hydrogen-bond donors (Lipinski definition) is 5. The predicted molar refractivity (Wildman–Crippen MR) is 122 cm³/mol. The number of carboxylic acids is 1. The van der Waals surface area contributed by atoms with E-state index in [2.05, 4.69) is 25.0 Å². The van der Waals surface area contributed by atoms with Crippen LogP contribution in [0.2, 0.25) is 0 Å². The molecule has 0 spiro atoms. The normalized spacial score (nSPS) is 10.6. The molecule has 35 heavy (non-hydrogen) atoms. The minimum absolute atomic E-state index is 0.0373. The number of H-pyrrole nitrogens is 1. The number of nitrogen functional groups attached to an aromatic ring is 1. The maximum atomic E-state index is 13.5. The van der Waals surface area contributed by atoms with E-state index in [1.165, 1.54) is 12.1 Å². The average Bonchev–Trinajstić information content (AvgIpc) is 3.23. The van der Waals surface area contributed by atoms with E-state index < -0.39 is 34.2 Å². The summed E-state index contributed by atoms with van der Waals surface area (Å²) in [5.74, 6) is -2.63. The van der Waals surface area contributed by atoms with Crippen molar-refractivity contribution in [1.29, 1.82) is 0 Å². The van der Waals surface area contributed by atoms with Gasteiger partial charge in [0.1, 0.15) is 17.2 Å². The standard InChI is InChI=1S/C11H9ClFN3O2.C9H7N3O5/c12-15-4-5-1-2-6(13)7(3-5)16-9-8(14)10(17)11(9)18;1-17-9(16)5-2-4(8(14)15)10-6-3-7(13)11-12(5)6/h1-3,15-16H,4,14H2;2-3H,1H3,(H,11,13)(H,14,15). The van der Waals surface area contributed by atoms with Crippen LogP contribution in [0.5, 0.6) is 0 Å². The molecule has 0 saturated carbocycles. The molecule has 2 heterocycles. The van der Waals surface area contributed by atoms with E-state index in [0.29, 0.717) is 12.1 Å². The van der Waals surface area contributed by atoms with Crippen molar-refractivity contribution in [2.45, 2.75) is 6.54 Å². The first-order chi connectivity index (χ1) is 16.6. The lowest BCUT2D eigenvalue weighted by atomic mass is 10.1. The number of esters is 1. The number of nitrogens with zero attached hydrogens (tertiary/aromatic N) is 2. The molecule has 13 nitrogen and oxygen atoms in total. The number of hydrogen-bond acceptors (Lipinski definition) is 10. The maximum absolute atomic E-state index is 13.5. The first kappa shape index (κ1) is 25.1. The molecular weight excluding hydrogens is 491 g/mol. The highest BCUT2D eigenvalue weighted by Crippen LogP contribution is 2.22. The largest absolute Gasteiger partial charge is 0.477 e. The van der Waals surface area contributed by atoms with E-state index in [1.54, 1.807) is 6.07 Å². The minimum Gasteiger partial charge on any atom is -0.477 e. The minimum atomic E-state index is -1.30. The summed E-state index contributed by atoms with van der Waals surface area (Å²) in [7, 11) is 1.15. The lowest BCUT2D eigenvalue weighted by Gasteiger charge is -2.11. The first-order valence-electron chi connectivity index (χ1n) is 9.49. The third-order valence-corrected chi connectivity index (χ3v) is 4.72. The van der Waals surface area contributed by atoms with Crippen molar-refractivity contribution >= 4 is 46.4 Å². The molecule has 0 saturated heterocycles. The van der Waals surface area contributed by atoms with Gasteiger partial charge in [0, 0.05) is 18.7 Å². The Bertz CT molecular complexity index is 1570. The number of methoxy groups -OCH3 is 1. The Hall–Kier alpha value is -4.56. The van der Waals surface area contributed by atoms with Gasteiger partial charge >= 0.3 is 11.9 Å². The Morgan fingerprint density at radius 1 is 1.23 bits per heavy atom. The van der Waals surface area contributed by atoms with Crippen LogP contribution in [-0.4, -0.2) is 38.8 Å². The lowest BCUT2D eigenvalue weighted by molar-refractivity contribution is 0.0590. The van der Waals surface area contributed by atoms with Gasteiger partial charge in [0.2, 0.25) is 0 Å². The van der Waals surface area contributed by atoms with Crippen LogP contribution < -0.4 is 32.3 Å². The van der Waals surface area contributed by atoms with Gasteiger partial charge in [-0.25, -0.2) is 28.3 Å². The molecule has 182 valence electrons. The van der Waals surface area contributed by atoms with Crippen molar-refractivity contribution in [2.24, 2.45) is 0 Å². The van der Waals surface area contributed by atoms with Crippen molar-refractivity contribution in [1.82, 2.24) is 19.4 Å². The number of aromatic nitrogens is 3. The van der Waals surface area contributed by atoms with Gasteiger partial charge in [0.15, 0.2) is 17.0 Å². The summed E-state index contributed by atoms with van der Waals surface area (Å²) in [6.07, 6.45) is 0. The number of carboxylic acid groups (broad SMARTS) is 1. The fourth-order valence-electron chi connectivity index (χ4n) is 2.88. The number of fused-ring (bicyclic) bond motifs is 1. The number of anilines is 3. The van der Waals surface area contributed by atoms with Gasteiger partial charge in [0.25, 0.3) is 16.4 Å².